The first-order valence-corrected chi connectivity index (χ1v) is 7.57. The molecule has 0 unspecified atom stereocenters. The van der Waals surface area contributed by atoms with Crippen LogP contribution in [0.25, 0.3) is 10.9 Å². The van der Waals surface area contributed by atoms with Crippen molar-refractivity contribution in [1.29, 1.82) is 0 Å². The van der Waals surface area contributed by atoms with Crippen molar-refractivity contribution >= 4 is 16.7 Å². The fourth-order valence-corrected chi connectivity index (χ4v) is 2.70. The summed E-state index contributed by atoms with van der Waals surface area (Å²) in [5, 5.41) is 1.11. The van der Waals surface area contributed by atoms with Crippen molar-refractivity contribution in [2.75, 3.05) is 6.79 Å². The predicted molar refractivity (Wildman–Crippen MR) is 87.0 cm³/mol. The van der Waals surface area contributed by atoms with E-state index in [1.54, 1.807) is 18.2 Å². The second-order valence-electron chi connectivity index (χ2n) is 5.49. The van der Waals surface area contributed by atoms with Gasteiger partial charge in [-0.05, 0) is 36.8 Å². The lowest BCUT2D eigenvalue weighted by molar-refractivity contribution is 0.0982. The zero-order valence-corrected chi connectivity index (χ0v) is 12.5. The van der Waals surface area contributed by atoms with Crippen LogP contribution < -0.4 is 9.47 Å². The van der Waals surface area contributed by atoms with Crippen LogP contribution in [0.4, 0.5) is 0 Å². The number of aromatic nitrogens is 1. The van der Waals surface area contributed by atoms with Gasteiger partial charge in [0.05, 0.1) is 5.52 Å². The molecule has 0 atom stereocenters. The van der Waals surface area contributed by atoms with E-state index in [0.717, 1.165) is 16.6 Å². The molecule has 4 nitrogen and oxygen atoms in total. The van der Waals surface area contributed by atoms with Crippen LogP contribution in [0.1, 0.15) is 22.5 Å². The van der Waals surface area contributed by atoms with Gasteiger partial charge in [-0.3, -0.25) is 9.78 Å². The largest absolute Gasteiger partial charge is 0.454 e. The SMILES string of the molecule is O=C(CCc1ccc2ccccc2n1)c1ccc2c(c1)OCO2. The molecule has 1 aliphatic rings. The molecule has 0 radical (unpaired) electrons. The molecule has 0 saturated carbocycles. The number of hydrogen-bond donors (Lipinski definition) is 0. The van der Waals surface area contributed by atoms with Crippen molar-refractivity contribution in [3.05, 3.63) is 65.9 Å². The first-order valence-electron chi connectivity index (χ1n) is 7.57. The van der Waals surface area contributed by atoms with Gasteiger partial charge in [0.1, 0.15) is 0 Å². The third-order valence-electron chi connectivity index (χ3n) is 3.96. The fourth-order valence-electron chi connectivity index (χ4n) is 2.70. The molecular weight excluding hydrogens is 290 g/mol. The standard InChI is InChI=1S/C19H15NO3/c21-17(14-6-10-18-19(11-14)23-12-22-18)9-8-15-7-5-13-3-1-2-4-16(13)20-15/h1-7,10-11H,8-9,12H2. The van der Waals surface area contributed by atoms with Gasteiger partial charge >= 0.3 is 0 Å². The van der Waals surface area contributed by atoms with Crippen molar-refractivity contribution in [2.45, 2.75) is 12.8 Å². The van der Waals surface area contributed by atoms with Gasteiger partial charge in [-0.2, -0.15) is 0 Å². The molecule has 0 spiro atoms. The van der Waals surface area contributed by atoms with Crippen LogP contribution in [0.2, 0.25) is 0 Å². The first kappa shape index (κ1) is 13.8. The first-order chi connectivity index (χ1) is 11.3. The quantitative estimate of drug-likeness (QED) is 0.688. The molecule has 0 saturated heterocycles. The van der Waals surface area contributed by atoms with E-state index in [4.69, 9.17) is 9.47 Å². The zero-order chi connectivity index (χ0) is 15.6. The number of rotatable bonds is 4. The summed E-state index contributed by atoms with van der Waals surface area (Å²) in [6.07, 6.45) is 1.04. The molecule has 0 N–H and O–H groups in total. The summed E-state index contributed by atoms with van der Waals surface area (Å²) in [5.74, 6) is 1.41. The number of ether oxygens (including phenoxy) is 2. The Bertz CT molecular complexity index is 889. The molecule has 0 fully saturated rings. The number of aryl methyl sites for hydroxylation is 1. The Morgan fingerprint density at radius 3 is 2.83 bits per heavy atom. The monoisotopic (exact) mass is 305 g/mol. The van der Waals surface area contributed by atoms with E-state index in [1.807, 2.05) is 36.4 Å². The van der Waals surface area contributed by atoms with Crippen LogP contribution in [-0.2, 0) is 6.42 Å². The molecule has 3 aromatic rings. The molecule has 23 heavy (non-hydrogen) atoms. The van der Waals surface area contributed by atoms with Gasteiger partial charge in [-0.25, -0.2) is 0 Å². The van der Waals surface area contributed by atoms with Gasteiger partial charge < -0.3 is 9.47 Å². The Morgan fingerprint density at radius 1 is 1.00 bits per heavy atom. The molecule has 0 amide bonds. The van der Waals surface area contributed by atoms with Gasteiger partial charge in [0.25, 0.3) is 0 Å². The van der Waals surface area contributed by atoms with E-state index in [0.29, 0.717) is 29.9 Å². The molecule has 2 heterocycles. The second kappa shape index (κ2) is 5.72. The Balaban J connectivity index is 1.48. The third kappa shape index (κ3) is 2.75. The maximum Gasteiger partial charge on any atom is 0.231 e. The number of nitrogens with zero attached hydrogens (tertiary/aromatic N) is 1. The highest BCUT2D eigenvalue weighted by Gasteiger charge is 2.16. The van der Waals surface area contributed by atoms with E-state index in [9.17, 15) is 4.79 Å². The van der Waals surface area contributed by atoms with Crippen LogP contribution in [0.15, 0.2) is 54.6 Å². The van der Waals surface area contributed by atoms with Gasteiger partial charge in [0, 0.05) is 23.1 Å². The third-order valence-corrected chi connectivity index (χ3v) is 3.96. The smallest absolute Gasteiger partial charge is 0.231 e. The topological polar surface area (TPSA) is 48.4 Å². The summed E-state index contributed by atoms with van der Waals surface area (Å²) in [6, 6.07) is 17.3. The summed E-state index contributed by atoms with van der Waals surface area (Å²) in [7, 11) is 0. The average Bonchev–Trinajstić information content (AvgIpc) is 3.07. The molecule has 114 valence electrons. The highest BCUT2D eigenvalue weighted by Crippen LogP contribution is 2.32. The maximum absolute atomic E-state index is 12.4. The van der Waals surface area contributed by atoms with Crippen molar-refractivity contribution in [3.8, 4) is 11.5 Å². The van der Waals surface area contributed by atoms with Crippen LogP contribution in [0.3, 0.4) is 0 Å². The van der Waals surface area contributed by atoms with Gasteiger partial charge in [0.2, 0.25) is 6.79 Å². The fraction of sp³-hybridized carbons (Fsp3) is 0.158. The Kier molecular flexibility index (Phi) is 3.42. The van der Waals surface area contributed by atoms with Crippen LogP contribution in [0.5, 0.6) is 11.5 Å². The number of carbonyl (C=O) groups excluding carboxylic acids is 1. The summed E-state index contributed by atoms with van der Waals surface area (Å²) in [5.41, 5.74) is 2.54. The summed E-state index contributed by atoms with van der Waals surface area (Å²) in [4.78, 5) is 17.0. The lowest BCUT2D eigenvalue weighted by Gasteiger charge is -2.04. The molecule has 4 rings (SSSR count). The Labute approximate surface area is 133 Å². The normalized spacial score (nSPS) is 12.5. The minimum absolute atomic E-state index is 0.0817. The van der Waals surface area contributed by atoms with E-state index in [1.165, 1.54) is 0 Å². The Hall–Kier alpha value is -2.88. The summed E-state index contributed by atoms with van der Waals surface area (Å²) >= 11 is 0. The highest BCUT2D eigenvalue weighted by molar-refractivity contribution is 5.96. The molecule has 1 aromatic heterocycles. The van der Waals surface area contributed by atoms with Crippen LogP contribution in [0, 0.1) is 0 Å². The average molecular weight is 305 g/mol. The van der Waals surface area contributed by atoms with Gasteiger partial charge in [-0.1, -0.05) is 24.3 Å². The lowest BCUT2D eigenvalue weighted by Crippen LogP contribution is -2.02. The number of benzene rings is 2. The van der Waals surface area contributed by atoms with E-state index >= 15 is 0 Å². The maximum atomic E-state index is 12.4. The van der Waals surface area contributed by atoms with E-state index in [-0.39, 0.29) is 12.6 Å². The number of hydrogen-bond acceptors (Lipinski definition) is 4. The minimum Gasteiger partial charge on any atom is -0.454 e. The predicted octanol–water partition coefficient (Wildman–Crippen LogP) is 3.78. The molecule has 1 aliphatic heterocycles. The van der Waals surface area contributed by atoms with Gasteiger partial charge in [0.15, 0.2) is 17.3 Å². The zero-order valence-electron chi connectivity index (χ0n) is 12.5. The number of Topliss-reactive ketones (excluding diaryl/α,β-unsaturated/α-hetero) is 1. The number of para-hydroxylation sites is 1. The Morgan fingerprint density at radius 2 is 1.87 bits per heavy atom. The van der Waals surface area contributed by atoms with E-state index < -0.39 is 0 Å². The molecule has 4 heteroatoms. The number of pyridine rings is 1. The van der Waals surface area contributed by atoms with Crippen molar-refractivity contribution < 1.29 is 14.3 Å². The molecular formula is C19H15NO3. The van der Waals surface area contributed by atoms with Crippen molar-refractivity contribution in [2.24, 2.45) is 0 Å². The van der Waals surface area contributed by atoms with Crippen LogP contribution in [-0.4, -0.2) is 17.6 Å². The minimum atomic E-state index is 0.0817. The highest BCUT2D eigenvalue weighted by atomic mass is 16.7. The number of ketones is 1. The van der Waals surface area contributed by atoms with Gasteiger partial charge in [-0.15, -0.1) is 0 Å². The van der Waals surface area contributed by atoms with E-state index in [2.05, 4.69) is 4.98 Å². The number of fused-ring (bicyclic) bond motifs is 2. The second-order valence-corrected chi connectivity index (χ2v) is 5.49. The van der Waals surface area contributed by atoms with Crippen molar-refractivity contribution in [3.63, 3.8) is 0 Å². The lowest BCUT2D eigenvalue weighted by atomic mass is 10.0. The molecule has 2 aromatic carbocycles. The van der Waals surface area contributed by atoms with Crippen LogP contribution >= 0.6 is 0 Å². The number of carbonyl (C=O) groups is 1. The molecule has 0 bridgehead atoms. The summed E-state index contributed by atoms with van der Waals surface area (Å²) < 4.78 is 10.6. The molecule has 0 aliphatic carbocycles. The summed E-state index contributed by atoms with van der Waals surface area (Å²) in [6.45, 7) is 0.216. The van der Waals surface area contributed by atoms with Crippen molar-refractivity contribution in [1.82, 2.24) is 4.98 Å².